The molecule has 0 aliphatic heterocycles. The quantitative estimate of drug-likeness (QED) is 0.335. The van der Waals surface area contributed by atoms with Gasteiger partial charge in [-0.2, -0.15) is 0 Å². The van der Waals surface area contributed by atoms with Crippen molar-refractivity contribution < 1.29 is 47.9 Å². The minimum atomic E-state index is -2.22. The smallest absolute Gasteiger partial charge is 0.768 e. The first kappa shape index (κ1) is 14.8. The van der Waals surface area contributed by atoms with Crippen molar-refractivity contribution in [2.24, 2.45) is 0 Å². The van der Waals surface area contributed by atoms with Crippen LogP contribution in [0.3, 0.4) is 0 Å². The molecule has 76 valence electrons. The molecule has 6 heteroatoms. The molecule has 0 saturated heterocycles. The first-order chi connectivity index (χ1) is 6.63. The van der Waals surface area contributed by atoms with E-state index in [2.05, 4.69) is 4.74 Å². The summed E-state index contributed by atoms with van der Waals surface area (Å²) in [6, 6.07) is 6.06. The fraction of sp³-hybridized carbons (Fsp3) is 0.222. The Labute approximate surface area is 113 Å². The summed E-state index contributed by atoms with van der Waals surface area (Å²) in [5.41, 5.74) is 0.728. The third-order valence-electron chi connectivity index (χ3n) is 1.69. The second-order valence-corrected chi connectivity index (χ2v) is 3.57. The number of esters is 1. The monoisotopic (exact) mass is 236 g/mol. The van der Waals surface area contributed by atoms with Crippen molar-refractivity contribution in [2.45, 2.75) is 11.3 Å². The van der Waals surface area contributed by atoms with Crippen LogP contribution in [0.1, 0.15) is 5.56 Å². The average Bonchev–Trinajstić information content (AvgIpc) is 2.18. The minimum absolute atomic E-state index is 0. The molecule has 0 bridgehead atoms. The molecule has 1 rings (SSSR count). The first-order valence-electron chi connectivity index (χ1n) is 3.88. The molecule has 4 nitrogen and oxygen atoms in total. The van der Waals surface area contributed by atoms with Gasteiger partial charge in [-0.05, 0) is 28.8 Å². The molecule has 1 aromatic carbocycles. The zero-order chi connectivity index (χ0) is 10.6. The van der Waals surface area contributed by atoms with Crippen LogP contribution >= 0.6 is 0 Å². The molecule has 0 aliphatic rings. The molecular formula is C9H9NaO4S. The molecule has 1 unspecified atom stereocenters. The van der Waals surface area contributed by atoms with E-state index in [1.54, 1.807) is 12.1 Å². The zero-order valence-corrected chi connectivity index (χ0v) is 11.4. The summed E-state index contributed by atoms with van der Waals surface area (Å²) in [5.74, 6) is -0.346. The number of carbonyl (C=O) groups is 1. The van der Waals surface area contributed by atoms with Crippen LogP contribution in [0.4, 0.5) is 0 Å². The van der Waals surface area contributed by atoms with Crippen LogP contribution in [0.15, 0.2) is 29.2 Å². The van der Waals surface area contributed by atoms with Gasteiger partial charge < -0.3 is 9.29 Å². The maximum atomic E-state index is 10.9. The Morgan fingerprint density at radius 1 is 1.40 bits per heavy atom. The molecule has 1 aromatic rings. The van der Waals surface area contributed by atoms with Crippen molar-refractivity contribution in [3.63, 3.8) is 0 Å². The normalized spacial score (nSPS) is 11.3. The van der Waals surface area contributed by atoms with E-state index in [4.69, 9.17) is 0 Å². The van der Waals surface area contributed by atoms with Gasteiger partial charge in [0.2, 0.25) is 0 Å². The summed E-state index contributed by atoms with van der Waals surface area (Å²) in [5, 5.41) is 0. The second kappa shape index (κ2) is 7.14. The standard InChI is InChI=1S/C9H10O4S.Na/c1-13-9(10)6-7-2-4-8(5-3-7)14(11)12;/h2-5H,6H2,1H3,(H,11,12);/q;+1/p-1. The van der Waals surface area contributed by atoms with Crippen LogP contribution in [-0.4, -0.2) is 21.8 Å². The first-order valence-corrected chi connectivity index (χ1v) is 4.96. The van der Waals surface area contributed by atoms with Crippen molar-refractivity contribution in [1.29, 1.82) is 0 Å². The van der Waals surface area contributed by atoms with Crippen LogP contribution in [0.25, 0.3) is 0 Å². The van der Waals surface area contributed by atoms with Gasteiger partial charge in [0.15, 0.2) is 0 Å². The van der Waals surface area contributed by atoms with Crippen LogP contribution in [0.2, 0.25) is 0 Å². The summed E-state index contributed by atoms with van der Waals surface area (Å²) < 4.78 is 25.5. The van der Waals surface area contributed by atoms with E-state index >= 15 is 0 Å². The average molecular weight is 236 g/mol. The van der Waals surface area contributed by atoms with Gasteiger partial charge in [0, 0.05) is 4.90 Å². The van der Waals surface area contributed by atoms with Gasteiger partial charge in [-0.25, -0.2) is 0 Å². The Morgan fingerprint density at radius 3 is 2.33 bits per heavy atom. The number of hydrogen-bond donors (Lipinski definition) is 0. The number of rotatable bonds is 3. The van der Waals surface area contributed by atoms with E-state index in [0.717, 1.165) is 5.56 Å². The molecule has 0 saturated carbocycles. The maximum Gasteiger partial charge on any atom is 1.00 e. The number of methoxy groups -OCH3 is 1. The van der Waals surface area contributed by atoms with E-state index in [-0.39, 0.29) is 46.8 Å². The molecule has 0 spiro atoms. The molecule has 0 N–H and O–H groups in total. The van der Waals surface area contributed by atoms with Crippen molar-refractivity contribution >= 4 is 17.0 Å². The van der Waals surface area contributed by atoms with Gasteiger partial charge in [0.1, 0.15) is 0 Å². The summed E-state index contributed by atoms with van der Waals surface area (Å²) in [6.45, 7) is 0. The van der Waals surface area contributed by atoms with Crippen molar-refractivity contribution in [3.05, 3.63) is 29.8 Å². The van der Waals surface area contributed by atoms with E-state index in [0.29, 0.717) is 0 Å². The van der Waals surface area contributed by atoms with Gasteiger partial charge >= 0.3 is 35.5 Å². The predicted octanol–water partition coefficient (Wildman–Crippen LogP) is -2.36. The van der Waals surface area contributed by atoms with Crippen molar-refractivity contribution in [2.75, 3.05) is 7.11 Å². The number of benzene rings is 1. The Bertz CT molecular complexity index is 350. The zero-order valence-electron chi connectivity index (χ0n) is 8.56. The van der Waals surface area contributed by atoms with E-state index in [1.807, 2.05) is 0 Å². The van der Waals surface area contributed by atoms with Gasteiger partial charge in [-0.3, -0.25) is 9.00 Å². The van der Waals surface area contributed by atoms with Gasteiger partial charge in [0.05, 0.1) is 13.5 Å². The van der Waals surface area contributed by atoms with Gasteiger partial charge in [0.25, 0.3) is 0 Å². The number of carbonyl (C=O) groups excluding carboxylic acids is 1. The minimum Gasteiger partial charge on any atom is -0.768 e. The van der Waals surface area contributed by atoms with Gasteiger partial charge in [-0.1, -0.05) is 12.1 Å². The van der Waals surface area contributed by atoms with Crippen molar-refractivity contribution in [3.8, 4) is 0 Å². The third kappa shape index (κ3) is 4.90. The summed E-state index contributed by atoms with van der Waals surface area (Å²) in [7, 11) is 1.31. The van der Waals surface area contributed by atoms with Crippen LogP contribution in [0.5, 0.6) is 0 Å². The summed E-state index contributed by atoms with van der Waals surface area (Å²) >= 11 is -2.22. The Hall–Kier alpha value is -0.200. The van der Waals surface area contributed by atoms with E-state index in [1.165, 1.54) is 19.2 Å². The maximum absolute atomic E-state index is 10.9. The number of hydrogen-bond acceptors (Lipinski definition) is 4. The SMILES string of the molecule is COC(=O)Cc1ccc(S(=O)[O-])cc1.[Na+]. The molecular weight excluding hydrogens is 227 g/mol. The molecule has 0 aromatic heterocycles. The van der Waals surface area contributed by atoms with E-state index < -0.39 is 11.1 Å². The molecule has 0 amide bonds. The van der Waals surface area contributed by atoms with Crippen LogP contribution in [-0.2, 0) is 27.0 Å². The topological polar surface area (TPSA) is 66.4 Å². The predicted molar refractivity (Wildman–Crippen MR) is 49.3 cm³/mol. The Balaban J connectivity index is 0.00000196. The third-order valence-corrected chi connectivity index (χ3v) is 2.35. The fourth-order valence-corrected chi connectivity index (χ4v) is 1.32. The molecule has 0 radical (unpaired) electrons. The Kier molecular flexibility index (Phi) is 7.04. The van der Waals surface area contributed by atoms with Gasteiger partial charge in [-0.15, -0.1) is 0 Å². The second-order valence-electron chi connectivity index (χ2n) is 2.63. The summed E-state index contributed by atoms with van der Waals surface area (Å²) in [4.78, 5) is 11.1. The molecule has 15 heavy (non-hydrogen) atoms. The molecule has 1 atom stereocenters. The summed E-state index contributed by atoms with van der Waals surface area (Å²) in [6.07, 6.45) is 0.155. The van der Waals surface area contributed by atoms with Crippen molar-refractivity contribution in [1.82, 2.24) is 0 Å². The molecule has 0 fully saturated rings. The van der Waals surface area contributed by atoms with Crippen LogP contribution < -0.4 is 29.6 Å². The largest absolute Gasteiger partial charge is 1.00 e. The number of ether oxygens (including phenoxy) is 1. The van der Waals surface area contributed by atoms with Crippen LogP contribution in [0, 0.1) is 0 Å². The molecule has 0 heterocycles. The molecule has 0 aliphatic carbocycles. The fourth-order valence-electron chi connectivity index (χ4n) is 0.957. The van der Waals surface area contributed by atoms with E-state index in [9.17, 15) is 13.6 Å². The Morgan fingerprint density at radius 2 is 1.93 bits per heavy atom.